The summed E-state index contributed by atoms with van der Waals surface area (Å²) in [4.78, 5) is 14.6. The monoisotopic (exact) mass is 312 g/mol. The van der Waals surface area contributed by atoms with Crippen LogP contribution in [0.3, 0.4) is 0 Å². The first kappa shape index (κ1) is 15.8. The highest BCUT2D eigenvalue weighted by Crippen LogP contribution is 2.22. The summed E-state index contributed by atoms with van der Waals surface area (Å²) in [5.74, 6) is 0.378. The summed E-state index contributed by atoms with van der Waals surface area (Å²) in [6, 6.07) is 12.4. The molecule has 0 unspecified atom stereocenters. The summed E-state index contributed by atoms with van der Waals surface area (Å²) in [7, 11) is 0. The number of carbonyl (C=O) groups excluding carboxylic acids is 1. The fourth-order valence-electron chi connectivity index (χ4n) is 3.28. The highest BCUT2D eigenvalue weighted by atomic mass is 16.5. The van der Waals surface area contributed by atoms with Crippen LogP contribution in [0.5, 0.6) is 0 Å². The van der Waals surface area contributed by atoms with E-state index in [9.17, 15) is 4.79 Å². The molecule has 0 bridgehead atoms. The summed E-state index contributed by atoms with van der Waals surface area (Å²) in [6.07, 6.45) is 6.08. The number of rotatable bonds is 5. The van der Waals surface area contributed by atoms with Crippen LogP contribution in [-0.4, -0.2) is 28.6 Å². The zero-order valence-electron chi connectivity index (χ0n) is 13.7. The molecule has 4 heteroatoms. The second kappa shape index (κ2) is 7.44. The van der Waals surface area contributed by atoms with Crippen molar-refractivity contribution in [3.63, 3.8) is 0 Å². The molecule has 2 heterocycles. The van der Waals surface area contributed by atoms with Gasteiger partial charge in [0.2, 0.25) is 5.76 Å². The molecule has 4 nitrogen and oxygen atoms in total. The largest absolute Gasteiger partial charge is 0.351 e. The fourth-order valence-corrected chi connectivity index (χ4v) is 3.28. The molecule has 1 aliphatic heterocycles. The second-order valence-electron chi connectivity index (χ2n) is 6.22. The highest BCUT2D eigenvalue weighted by molar-refractivity contribution is 5.91. The minimum Gasteiger partial charge on any atom is -0.351 e. The normalized spacial score (nSPS) is 18.1. The van der Waals surface area contributed by atoms with Gasteiger partial charge in [-0.25, -0.2) is 0 Å². The second-order valence-corrected chi connectivity index (χ2v) is 6.22. The first-order valence-electron chi connectivity index (χ1n) is 8.58. The van der Waals surface area contributed by atoms with Crippen molar-refractivity contribution in [1.82, 2.24) is 10.1 Å². The third-order valence-electron chi connectivity index (χ3n) is 4.64. The standard InChI is InChI=1S/C19H24N2O2/c1-2-17-10-6-7-13-21(17)19(22)18-14-16(20-23-18)12-11-15-8-4-3-5-9-15/h3-5,8-9,14,17H,2,6-7,10-13H2,1H3/t17-/m0/s1. The molecule has 1 aromatic carbocycles. The van der Waals surface area contributed by atoms with Gasteiger partial charge >= 0.3 is 0 Å². The van der Waals surface area contributed by atoms with E-state index in [0.29, 0.717) is 11.8 Å². The summed E-state index contributed by atoms with van der Waals surface area (Å²) < 4.78 is 5.32. The molecule has 1 atom stereocenters. The van der Waals surface area contributed by atoms with Crippen molar-refractivity contribution in [2.75, 3.05) is 6.54 Å². The number of benzene rings is 1. The van der Waals surface area contributed by atoms with E-state index >= 15 is 0 Å². The molecule has 23 heavy (non-hydrogen) atoms. The summed E-state index contributed by atoms with van der Waals surface area (Å²) in [6.45, 7) is 2.97. The number of hydrogen-bond acceptors (Lipinski definition) is 3. The Morgan fingerprint density at radius 3 is 2.87 bits per heavy atom. The molecule has 122 valence electrons. The Morgan fingerprint density at radius 1 is 1.26 bits per heavy atom. The molecule has 0 N–H and O–H groups in total. The van der Waals surface area contributed by atoms with Crippen LogP contribution in [0.2, 0.25) is 0 Å². The molecule has 3 rings (SSSR count). The number of amides is 1. The SMILES string of the molecule is CC[C@H]1CCCCN1C(=O)c1cc(CCc2ccccc2)no1. The lowest BCUT2D eigenvalue weighted by molar-refractivity contribution is 0.0566. The van der Waals surface area contributed by atoms with E-state index in [0.717, 1.165) is 44.3 Å². The average molecular weight is 312 g/mol. The molecule has 1 aromatic heterocycles. The zero-order chi connectivity index (χ0) is 16.1. The van der Waals surface area contributed by atoms with E-state index in [1.807, 2.05) is 29.2 Å². The van der Waals surface area contributed by atoms with Gasteiger partial charge in [-0.3, -0.25) is 4.79 Å². The lowest BCUT2D eigenvalue weighted by Crippen LogP contribution is -2.43. The zero-order valence-corrected chi connectivity index (χ0v) is 13.7. The number of aromatic nitrogens is 1. The summed E-state index contributed by atoms with van der Waals surface area (Å²) >= 11 is 0. The van der Waals surface area contributed by atoms with Crippen LogP contribution in [0, 0.1) is 0 Å². The van der Waals surface area contributed by atoms with Crippen LogP contribution in [0.15, 0.2) is 40.9 Å². The van der Waals surface area contributed by atoms with Crippen molar-refractivity contribution in [3.05, 3.63) is 53.4 Å². The average Bonchev–Trinajstić information content (AvgIpc) is 3.09. The molecule has 0 saturated carbocycles. The minimum absolute atomic E-state index is 0.00462. The molecule has 0 radical (unpaired) electrons. The molecular weight excluding hydrogens is 288 g/mol. The van der Waals surface area contributed by atoms with Gasteiger partial charge in [0.25, 0.3) is 5.91 Å². The molecule has 1 amide bonds. The Hall–Kier alpha value is -2.10. The molecule has 2 aromatic rings. The van der Waals surface area contributed by atoms with Crippen molar-refractivity contribution in [2.24, 2.45) is 0 Å². The summed E-state index contributed by atoms with van der Waals surface area (Å²) in [5, 5.41) is 4.08. The van der Waals surface area contributed by atoms with E-state index in [4.69, 9.17) is 4.52 Å². The Labute approximate surface area is 137 Å². The van der Waals surface area contributed by atoms with Crippen molar-refractivity contribution in [1.29, 1.82) is 0 Å². The fraction of sp³-hybridized carbons (Fsp3) is 0.474. The third kappa shape index (κ3) is 3.81. The highest BCUT2D eigenvalue weighted by Gasteiger charge is 2.28. The number of likely N-dealkylation sites (tertiary alicyclic amines) is 1. The van der Waals surface area contributed by atoms with Gasteiger partial charge in [0, 0.05) is 18.7 Å². The van der Waals surface area contributed by atoms with E-state index in [2.05, 4.69) is 24.2 Å². The van der Waals surface area contributed by atoms with Crippen molar-refractivity contribution in [3.8, 4) is 0 Å². The number of nitrogens with zero attached hydrogens (tertiary/aromatic N) is 2. The van der Waals surface area contributed by atoms with Crippen LogP contribution in [0.25, 0.3) is 0 Å². The van der Waals surface area contributed by atoms with Crippen LogP contribution in [-0.2, 0) is 12.8 Å². The van der Waals surface area contributed by atoms with Crippen LogP contribution < -0.4 is 0 Å². The molecule has 0 spiro atoms. The van der Waals surface area contributed by atoms with Gasteiger partial charge < -0.3 is 9.42 Å². The van der Waals surface area contributed by atoms with Gasteiger partial charge in [-0.05, 0) is 44.1 Å². The molecule has 1 fully saturated rings. The number of aryl methyl sites for hydroxylation is 2. The Bertz CT molecular complexity index is 636. The first-order valence-corrected chi connectivity index (χ1v) is 8.58. The van der Waals surface area contributed by atoms with Gasteiger partial charge in [0.15, 0.2) is 0 Å². The van der Waals surface area contributed by atoms with Gasteiger partial charge in [-0.1, -0.05) is 42.4 Å². The quantitative estimate of drug-likeness (QED) is 0.842. The third-order valence-corrected chi connectivity index (χ3v) is 4.64. The number of piperidine rings is 1. The van der Waals surface area contributed by atoms with Gasteiger partial charge in [0.1, 0.15) is 0 Å². The number of hydrogen-bond donors (Lipinski definition) is 0. The molecule has 1 aliphatic rings. The molecular formula is C19H24N2O2. The maximum atomic E-state index is 12.6. The van der Waals surface area contributed by atoms with Crippen LogP contribution in [0.1, 0.15) is 54.4 Å². The predicted molar refractivity (Wildman–Crippen MR) is 89.3 cm³/mol. The maximum Gasteiger partial charge on any atom is 0.292 e. The van der Waals surface area contributed by atoms with E-state index in [1.54, 1.807) is 0 Å². The minimum atomic E-state index is -0.00462. The maximum absolute atomic E-state index is 12.6. The Balaban J connectivity index is 1.63. The lowest BCUT2D eigenvalue weighted by atomic mass is 9.99. The Morgan fingerprint density at radius 2 is 2.09 bits per heavy atom. The first-order chi connectivity index (χ1) is 11.3. The van der Waals surface area contributed by atoms with Gasteiger partial charge in [0.05, 0.1) is 5.69 Å². The molecule has 0 aliphatic carbocycles. The topological polar surface area (TPSA) is 46.3 Å². The van der Waals surface area contributed by atoms with E-state index in [-0.39, 0.29) is 5.91 Å². The van der Waals surface area contributed by atoms with Crippen molar-refractivity contribution >= 4 is 5.91 Å². The lowest BCUT2D eigenvalue weighted by Gasteiger charge is -2.34. The van der Waals surface area contributed by atoms with E-state index < -0.39 is 0 Å². The van der Waals surface area contributed by atoms with Gasteiger partial charge in [-0.2, -0.15) is 0 Å². The molecule has 1 saturated heterocycles. The van der Waals surface area contributed by atoms with Crippen LogP contribution >= 0.6 is 0 Å². The van der Waals surface area contributed by atoms with Crippen molar-refractivity contribution in [2.45, 2.75) is 51.5 Å². The number of carbonyl (C=O) groups is 1. The predicted octanol–water partition coefficient (Wildman–Crippen LogP) is 3.86. The van der Waals surface area contributed by atoms with Crippen LogP contribution in [0.4, 0.5) is 0 Å². The smallest absolute Gasteiger partial charge is 0.292 e. The Kier molecular flexibility index (Phi) is 5.11. The van der Waals surface area contributed by atoms with Crippen molar-refractivity contribution < 1.29 is 9.32 Å². The summed E-state index contributed by atoms with van der Waals surface area (Å²) in [5.41, 5.74) is 2.12. The van der Waals surface area contributed by atoms with Gasteiger partial charge in [-0.15, -0.1) is 0 Å². The van der Waals surface area contributed by atoms with E-state index in [1.165, 1.54) is 12.0 Å².